The molecule has 0 unspecified atom stereocenters. The monoisotopic (exact) mass is 601 g/mol. The number of anilines is 3. The second-order valence-electron chi connectivity index (χ2n) is 12.1. The van der Waals surface area contributed by atoms with Crippen molar-refractivity contribution in [2.75, 3.05) is 4.90 Å². The number of hydrogen-bond acceptors (Lipinski definition) is 3. The Labute approximate surface area is 270 Å². The van der Waals surface area contributed by atoms with Gasteiger partial charge >= 0.3 is 0 Å². The highest BCUT2D eigenvalue weighted by Crippen LogP contribution is 2.46. The minimum Gasteiger partial charge on any atom is -0.455 e. The smallest absolute Gasteiger partial charge is 0.159 e. The van der Waals surface area contributed by atoms with Crippen molar-refractivity contribution in [3.8, 4) is 11.1 Å². The first-order valence-corrected chi connectivity index (χ1v) is 15.9. The van der Waals surface area contributed by atoms with Gasteiger partial charge in [-0.3, -0.25) is 0 Å². The van der Waals surface area contributed by atoms with Crippen molar-refractivity contribution in [3.63, 3.8) is 0 Å². The molecule has 8 aromatic carbocycles. The summed E-state index contributed by atoms with van der Waals surface area (Å²) in [5, 5.41) is 9.11. The minimum absolute atomic E-state index is 0.855. The van der Waals surface area contributed by atoms with Crippen molar-refractivity contribution in [3.05, 3.63) is 164 Å². The molecular weight excluding hydrogens is 574 g/mol. The Hall–Kier alpha value is -6.32. The molecule has 47 heavy (non-hydrogen) atoms. The Morgan fingerprint density at radius 1 is 0.340 bits per heavy atom. The Bertz CT molecular complexity index is 2800. The van der Waals surface area contributed by atoms with E-state index in [4.69, 9.17) is 8.83 Å². The fraction of sp³-hybridized carbons (Fsp3) is 0. The predicted molar refractivity (Wildman–Crippen MR) is 196 cm³/mol. The molecule has 0 bridgehead atoms. The molecule has 2 heterocycles. The second kappa shape index (κ2) is 10.1. The number of hydrogen-bond donors (Lipinski definition) is 0. The Morgan fingerprint density at radius 2 is 0.872 bits per heavy atom. The number of rotatable bonds is 4. The van der Waals surface area contributed by atoms with Crippen LogP contribution in [0.25, 0.3) is 76.5 Å². The molecule has 3 heteroatoms. The van der Waals surface area contributed by atoms with Crippen molar-refractivity contribution in [2.24, 2.45) is 0 Å². The summed E-state index contributed by atoms with van der Waals surface area (Å²) in [5.74, 6) is 0. The summed E-state index contributed by atoms with van der Waals surface area (Å²) in [6.45, 7) is 0. The van der Waals surface area contributed by atoms with Gasteiger partial charge in [0.1, 0.15) is 16.7 Å². The standard InChI is InChI=1S/C44H27NO2/c1-2-12-31-28(10-1)11-7-15-32(31)29-22-24-30(25-23-29)45(40-19-9-17-37-34-13-3-6-21-42(34)47-44(37)40)39-18-8-16-36-33(39)26-27-38-35-14-4-5-20-41(35)46-43(36)38/h1-27H. The van der Waals surface area contributed by atoms with Crippen LogP contribution in [0.4, 0.5) is 17.1 Å². The van der Waals surface area contributed by atoms with Crippen LogP contribution < -0.4 is 4.90 Å². The highest BCUT2D eigenvalue weighted by molar-refractivity contribution is 6.18. The lowest BCUT2D eigenvalue weighted by molar-refractivity contribution is 0.669. The third-order valence-electron chi connectivity index (χ3n) is 9.47. The quantitative estimate of drug-likeness (QED) is 0.201. The number of furan rings is 2. The molecule has 0 saturated carbocycles. The van der Waals surface area contributed by atoms with E-state index in [9.17, 15) is 0 Å². The van der Waals surface area contributed by atoms with Crippen LogP contribution in [-0.4, -0.2) is 0 Å². The van der Waals surface area contributed by atoms with Crippen molar-refractivity contribution >= 4 is 82.5 Å². The summed E-state index contributed by atoms with van der Waals surface area (Å²) in [5.41, 5.74) is 9.00. The first-order chi connectivity index (χ1) is 23.3. The van der Waals surface area contributed by atoms with Crippen LogP contribution in [0.15, 0.2) is 173 Å². The maximum Gasteiger partial charge on any atom is 0.159 e. The summed E-state index contributed by atoms with van der Waals surface area (Å²) in [7, 11) is 0. The van der Waals surface area contributed by atoms with Crippen LogP contribution in [0.2, 0.25) is 0 Å². The molecule has 2 aromatic heterocycles. The fourth-order valence-electron chi connectivity index (χ4n) is 7.30. The van der Waals surface area contributed by atoms with Gasteiger partial charge in [-0.05, 0) is 64.4 Å². The van der Waals surface area contributed by atoms with Gasteiger partial charge in [-0.1, -0.05) is 121 Å². The molecule has 0 fully saturated rings. The third kappa shape index (κ3) is 3.93. The van der Waals surface area contributed by atoms with E-state index in [1.165, 1.54) is 21.9 Å². The molecule has 0 N–H and O–H groups in total. The topological polar surface area (TPSA) is 29.5 Å². The first kappa shape index (κ1) is 26.0. The van der Waals surface area contributed by atoms with Crippen molar-refractivity contribution in [1.29, 1.82) is 0 Å². The highest BCUT2D eigenvalue weighted by Gasteiger charge is 2.22. The average Bonchev–Trinajstić information content (AvgIpc) is 3.71. The third-order valence-corrected chi connectivity index (χ3v) is 9.47. The number of nitrogens with zero attached hydrogens (tertiary/aromatic N) is 1. The largest absolute Gasteiger partial charge is 0.455 e. The molecule has 220 valence electrons. The van der Waals surface area contributed by atoms with Crippen LogP contribution in [0.3, 0.4) is 0 Å². The molecule has 10 aromatic rings. The zero-order valence-electron chi connectivity index (χ0n) is 25.4. The van der Waals surface area contributed by atoms with Gasteiger partial charge in [-0.15, -0.1) is 0 Å². The average molecular weight is 602 g/mol. The number of fused-ring (bicyclic) bond motifs is 9. The summed E-state index contributed by atoms with van der Waals surface area (Å²) in [6, 6.07) is 57.8. The van der Waals surface area contributed by atoms with Crippen LogP contribution >= 0.6 is 0 Å². The van der Waals surface area contributed by atoms with E-state index in [0.717, 1.165) is 71.7 Å². The molecule has 0 radical (unpaired) electrons. The minimum atomic E-state index is 0.855. The summed E-state index contributed by atoms with van der Waals surface area (Å²) in [4.78, 5) is 2.33. The lowest BCUT2D eigenvalue weighted by atomic mass is 9.98. The van der Waals surface area contributed by atoms with E-state index in [-0.39, 0.29) is 0 Å². The first-order valence-electron chi connectivity index (χ1n) is 15.9. The lowest BCUT2D eigenvalue weighted by Gasteiger charge is -2.27. The second-order valence-corrected chi connectivity index (χ2v) is 12.1. The van der Waals surface area contributed by atoms with E-state index in [2.05, 4.69) is 144 Å². The highest BCUT2D eigenvalue weighted by atomic mass is 16.3. The summed E-state index contributed by atoms with van der Waals surface area (Å²) in [6.07, 6.45) is 0. The van der Waals surface area contributed by atoms with Gasteiger partial charge in [0, 0.05) is 38.0 Å². The maximum absolute atomic E-state index is 6.61. The van der Waals surface area contributed by atoms with Gasteiger partial charge in [0.15, 0.2) is 5.58 Å². The predicted octanol–water partition coefficient (Wildman–Crippen LogP) is 12.9. The number of para-hydroxylation sites is 3. The van der Waals surface area contributed by atoms with Crippen LogP contribution in [0.1, 0.15) is 0 Å². The van der Waals surface area contributed by atoms with E-state index >= 15 is 0 Å². The normalized spacial score (nSPS) is 11.8. The molecular formula is C44H27NO2. The van der Waals surface area contributed by atoms with E-state index in [1.54, 1.807) is 0 Å². The fourth-order valence-corrected chi connectivity index (χ4v) is 7.30. The van der Waals surface area contributed by atoms with Crippen LogP contribution in [-0.2, 0) is 0 Å². The van der Waals surface area contributed by atoms with Gasteiger partial charge in [0.05, 0.1) is 11.4 Å². The Kier molecular flexibility index (Phi) is 5.57. The summed E-state index contributed by atoms with van der Waals surface area (Å²) < 4.78 is 13.1. The van der Waals surface area contributed by atoms with Crippen molar-refractivity contribution in [1.82, 2.24) is 0 Å². The SMILES string of the molecule is c1ccc2c(-c3ccc(N(c4cccc5c4ccc4c6ccccc6oc54)c4cccc5c4oc4ccccc45)cc3)cccc2c1. The van der Waals surface area contributed by atoms with Gasteiger partial charge in [-0.2, -0.15) is 0 Å². The van der Waals surface area contributed by atoms with E-state index in [1.807, 2.05) is 24.3 Å². The van der Waals surface area contributed by atoms with Gasteiger partial charge < -0.3 is 13.7 Å². The molecule has 0 aliphatic carbocycles. The van der Waals surface area contributed by atoms with Gasteiger partial charge in [0.25, 0.3) is 0 Å². The Balaban J connectivity index is 1.23. The van der Waals surface area contributed by atoms with Gasteiger partial charge in [-0.25, -0.2) is 0 Å². The molecule has 0 aliphatic rings. The van der Waals surface area contributed by atoms with Crippen LogP contribution in [0, 0.1) is 0 Å². The summed E-state index contributed by atoms with van der Waals surface area (Å²) >= 11 is 0. The molecule has 3 nitrogen and oxygen atoms in total. The molecule has 0 spiro atoms. The lowest BCUT2D eigenvalue weighted by Crippen LogP contribution is -2.10. The zero-order chi connectivity index (χ0) is 30.9. The molecule has 10 rings (SSSR count). The maximum atomic E-state index is 6.61. The zero-order valence-corrected chi connectivity index (χ0v) is 25.4. The van der Waals surface area contributed by atoms with E-state index < -0.39 is 0 Å². The molecule has 0 amide bonds. The van der Waals surface area contributed by atoms with Gasteiger partial charge in [0.2, 0.25) is 0 Å². The van der Waals surface area contributed by atoms with E-state index in [0.29, 0.717) is 0 Å². The molecule has 0 atom stereocenters. The van der Waals surface area contributed by atoms with Crippen LogP contribution in [0.5, 0.6) is 0 Å². The Morgan fingerprint density at radius 3 is 1.64 bits per heavy atom. The molecule has 0 aliphatic heterocycles. The molecule has 0 saturated heterocycles. The van der Waals surface area contributed by atoms with Crippen molar-refractivity contribution < 1.29 is 8.83 Å². The van der Waals surface area contributed by atoms with Crippen molar-refractivity contribution in [2.45, 2.75) is 0 Å². The number of benzene rings is 8.